The van der Waals surface area contributed by atoms with E-state index in [2.05, 4.69) is 19.6 Å². The highest BCUT2D eigenvalue weighted by Crippen LogP contribution is 2.43. The Morgan fingerprint density at radius 1 is 0.552 bits per heavy atom. The van der Waals surface area contributed by atoms with Crippen LogP contribution in [0.1, 0.15) is 135 Å². The van der Waals surface area contributed by atoms with E-state index in [0.29, 0.717) is 0 Å². The molecule has 0 amide bonds. The molecule has 0 bridgehead atoms. The molecular weight excluding hydrogens is 348 g/mol. The summed E-state index contributed by atoms with van der Waals surface area (Å²) in [7, 11) is 0. The normalized spacial score (nSPS) is 36.0. The molecule has 0 heterocycles. The molecule has 0 aromatic rings. The molecule has 0 N–H and O–H groups in total. The molecule has 0 aromatic carbocycles. The summed E-state index contributed by atoms with van der Waals surface area (Å²) in [6.45, 7) is 6.25. The van der Waals surface area contributed by atoms with Gasteiger partial charge in [-0.3, -0.25) is 0 Å². The van der Waals surface area contributed by atoms with Crippen molar-refractivity contribution in [3.63, 3.8) is 0 Å². The second-order valence-corrected chi connectivity index (χ2v) is 11.4. The number of allylic oxidation sites excluding steroid dienone is 1. The lowest BCUT2D eigenvalue weighted by Crippen LogP contribution is -2.25. The third-order valence-electron chi connectivity index (χ3n) is 9.37. The Morgan fingerprint density at radius 3 is 1.34 bits per heavy atom. The Labute approximate surface area is 183 Å². The molecule has 0 nitrogen and oxygen atoms in total. The fourth-order valence-electron chi connectivity index (χ4n) is 7.33. The number of hydrogen-bond donors (Lipinski definition) is 0. The van der Waals surface area contributed by atoms with Gasteiger partial charge in [0, 0.05) is 0 Å². The molecule has 3 aliphatic carbocycles. The molecule has 168 valence electrons. The minimum absolute atomic E-state index is 1.01. The molecule has 0 atom stereocenters. The number of unbranched alkanes of at least 4 members (excludes halogenated alkanes) is 1. The first-order chi connectivity index (χ1) is 14.3. The standard InChI is InChI=1S/C29H52/c1-3-5-9-25-12-14-26(15-13-25)10-6-7-11-27-18-22-29(23-19-27)28-20-16-24(8-4-2)17-21-28/h3,24-29H,1,4-23H2,2H3/t24-,25-,26-,27-,28-,29-. The molecule has 3 saturated carbocycles. The first-order valence-electron chi connectivity index (χ1n) is 13.9. The van der Waals surface area contributed by atoms with Crippen LogP contribution in [-0.4, -0.2) is 0 Å². The Hall–Kier alpha value is -0.260. The molecule has 0 aromatic heterocycles. The third kappa shape index (κ3) is 8.06. The van der Waals surface area contributed by atoms with Crippen molar-refractivity contribution in [3.8, 4) is 0 Å². The highest BCUT2D eigenvalue weighted by molar-refractivity contribution is 4.82. The van der Waals surface area contributed by atoms with Crippen molar-refractivity contribution in [1.29, 1.82) is 0 Å². The second kappa shape index (κ2) is 13.2. The van der Waals surface area contributed by atoms with Crippen LogP contribution in [0.25, 0.3) is 0 Å². The summed E-state index contributed by atoms with van der Waals surface area (Å²) < 4.78 is 0. The van der Waals surface area contributed by atoms with Crippen molar-refractivity contribution in [2.24, 2.45) is 35.5 Å². The molecule has 3 aliphatic rings. The molecule has 0 heteroatoms. The summed E-state index contributed by atoms with van der Waals surface area (Å²) in [5.74, 6) is 6.44. The summed E-state index contributed by atoms with van der Waals surface area (Å²) >= 11 is 0. The maximum Gasteiger partial charge on any atom is -0.0351 e. The van der Waals surface area contributed by atoms with E-state index in [9.17, 15) is 0 Å². The van der Waals surface area contributed by atoms with Crippen molar-refractivity contribution in [3.05, 3.63) is 12.7 Å². The summed E-state index contributed by atoms with van der Waals surface area (Å²) in [6.07, 6.45) is 32.3. The zero-order valence-electron chi connectivity index (χ0n) is 19.9. The summed E-state index contributed by atoms with van der Waals surface area (Å²) in [5.41, 5.74) is 0. The van der Waals surface area contributed by atoms with E-state index < -0.39 is 0 Å². The van der Waals surface area contributed by atoms with Gasteiger partial charge in [-0.15, -0.1) is 6.58 Å². The van der Waals surface area contributed by atoms with Gasteiger partial charge in [-0.1, -0.05) is 103 Å². The Kier molecular flexibility index (Phi) is 10.7. The predicted octanol–water partition coefficient (Wildman–Crippen LogP) is 9.73. The van der Waals surface area contributed by atoms with Gasteiger partial charge in [0.15, 0.2) is 0 Å². The third-order valence-corrected chi connectivity index (χ3v) is 9.37. The van der Waals surface area contributed by atoms with Gasteiger partial charge in [0.1, 0.15) is 0 Å². The van der Waals surface area contributed by atoms with Gasteiger partial charge in [-0.2, -0.15) is 0 Å². The van der Waals surface area contributed by atoms with Crippen LogP contribution in [0, 0.1) is 35.5 Å². The van der Waals surface area contributed by atoms with Gasteiger partial charge in [0.25, 0.3) is 0 Å². The quantitative estimate of drug-likeness (QED) is 0.239. The van der Waals surface area contributed by atoms with Crippen LogP contribution in [-0.2, 0) is 0 Å². The second-order valence-electron chi connectivity index (χ2n) is 11.4. The Balaban J connectivity index is 1.20. The molecule has 0 radical (unpaired) electrons. The van der Waals surface area contributed by atoms with Crippen molar-refractivity contribution in [2.75, 3.05) is 0 Å². The van der Waals surface area contributed by atoms with Gasteiger partial charge in [0.2, 0.25) is 0 Å². The average Bonchev–Trinajstić information content (AvgIpc) is 2.77. The number of rotatable bonds is 11. The smallest absolute Gasteiger partial charge is 0.0351 e. The fraction of sp³-hybridized carbons (Fsp3) is 0.931. The lowest BCUT2D eigenvalue weighted by Gasteiger charge is -2.38. The van der Waals surface area contributed by atoms with Crippen LogP contribution in [0.15, 0.2) is 12.7 Å². The SMILES string of the molecule is C=CCC[C@H]1CC[C@H](CCCC[C@H]2CC[C@H]([C@H]3CC[C@H](CCC)CC3)CC2)CC1. The Bertz CT molecular complexity index is 413. The lowest BCUT2D eigenvalue weighted by molar-refractivity contribution is 0.140. The highest BCUT2D eigenvalue weighted by Gasteiger charge is 2.30. The van der Waals surface area contributed by atoms with Gasteiger partial charge in [-0.25, -0.2) is 0 Å². The highest BCUT2D eigenvalue weighted by atomic mass is 14.4. The van der Waals surface area contributed by atoms with Crippen LogP contribution < -0.4 is 0 Å². The van der Waals surface area contributed by atoms with E-state index in [1.54, 1.807) is 57.8 Å². The van der Waals surface area contributed by atoms with Crippen LogP contribution in [0.2, 0.25) is 0 Å². The van der Waals surface area contributed by atoms with Crippen LogP contribution in [0.4, 0.5) is 0 Å². The van der Waals surface area contributed by atoms with Crippen molar-refractivity contribution in [2.45, 2.75) is 135 Å². The fourth-order valence-corrected chi connectivity index (χ4v) is 7.33. The van der Waals surface area contributed by atoms with E-state index in [1.807, 2.05) is 0 Å². The van der Waals surface area contributed by atoms with E-state index >= 15 is 0 Å². The zero-order valence-corrected chi connectivity index (χ0v) is 19.9. The minimum atomic E-state index is 1.01. The monoisotopic (exact) mass is 400 g/mol. The van der Waals surface area contributed by atoms with Crippen LogP contribution in [0.5, 0.6) is 0 Å². The molecule has 29 heavy (non-hydrogen) atoms. The average molecular weight is 401 g/mol. The maximum absolute atomic E-state index is 3.88. The minimum Gasteiger partial charge on any atom is -0.103 e. The van der Waals surface area contributed by atoms with Crippen LogP contribution in [0.3, 0.4) is 0 Å². The topological polar surface area (TPSA) is 0 Å². The van der Waals surface area contributed by atoms with E-state index in [1.165, 1.54) is 70.6 Å². The summed E-state index contributed by atoms with van der Waals surface area (Å²) in [4.78, 5) is 0. The van der Waals surface area contributed by atoms with Gasteiger partial charge in [0.05, 0.1) is 0 Å². The molecule has 0 spiro atoms. The predicted molar refractivity (Wildman–Crippen MR) is 129 cm³/mol. The zero-order chi connectivity index (χ0) is 20.3. The van der Waals surface area contributed by atoms with Gasteiger partial charge < -0.3 is 0 Å². The van der Waals surface area contributed by atoms with Crippen molar-refractivity contribution >= 4 is 0 Å². The van der Waals surface area contributed by atoms with E-state index in [4.69, 9.17) is 0 Å². The first-order valence-corrected chi connectivity index (χ1v) is 13.9. The van der Waals surface area contributed by atoms with Gasteiger partial charge in [-0.05, 0) is 74.0 Å². The maximum atomic E-state index is 3.88. The number of hydrogen-bond acceptors (Lipinski definition) is 0. The van der Waals surface area contributed by atoms with Gasteiger partial charge >= 0.3 is 0 Å². The lowest BCUT2D eigenvalue weighted by atomic mass is 9.68. The molecular formula is C29H52. The van der Waals surface area contributed by atoms with E-state index in [0.717, 1.165) is 35.5 Å². The molecule has 0 unspecified atom stereocenters. The summed E-state index contributed by atoms with van der Waals surface area (Å²) in [6, 6.07) is 0. The Morgan fingerprint density at radius 2 is 0.931 bits per heavy atom. The van der Waals surface area contributed by atoms with Crippen LogP contribution >= 0.6 is 0 Å². The largest absolute Gasteiger partial charge is 0.103 e. The molecule has 3 fully saturated rings. The molecule has 3 rings (SSSR count). The first kappa shape index (κ1) is 23.4. The molecule has 0 saturated heterocycles. The molecule has 0 aliphatic heterocycles. The van der Waals surface area contributed by atoms with E-state index in [-0.39, 0.29) is 0 Å². The summed E-state index contributed by atoms with van der Waals surface area (Å²) in [5, 5.41) is 0. The van der Waals surface area contributed by atoms with Crippen molar-refractivity contribution < 1.29 is 0 Å². The van der Waals surface area contributed by atoms with Crippen molar-refractivity contribution in [1.82, 2.24) is 0 Å².